The van der Waals surface area contributed by atoms with Crippen molar-refractivity contribution in [1.29, 1.82) is 0 Å². The van der Waals surface area contributed by atoms with Gasteiger partial charge in [-0.05, 0) is 47.5 Å². The minimum atomic E-state index is -0.956. The predicted octanol–water partition coefficient (Wildman–Crippen LogP) is 2.33. The summed E-state index contributed by atoms with van der Waals surface area (Å²) in [6.07, 6.45) is 0.312. The molecule has 1 atom stereocenters. The second-order valence-corrected chi connectivity index (χ2v) is 4.42. The molecule has 0 spiro atoms. The van der Waals surface area contributed by atoms with Gasteiger partial charge in [0.25, 0.3) is 0 Å². The van der Waals surface area contributed by atoms with Gasteiger partial charge in [-0.15, -0.1) is 0 Å². The van der Waals surface area contributed by atoms with Gasteiger partial charge in [0.1, 0.15) is 0 Å². The number of benzene rings is 1. The molecule has 1 rings (SSSR count). The minimum Gasteiger partial charge on any atom is -0.478 e. The Kier molecular flexibility index (Phi) is 4.76. The van der Waals surface area contributed by atoms with Gasteiger partial charge < -0.3 is 15.5 Å². The van der Waals surface area contributed by atoms with E-state index in [2.05, 4.69) is 21.2 Å². The molecule has 1 unspecified atom stereocenters. The number of aliphatic hydroxyl groups is 1. The lowest BCUT2D eigenvalue weighted by atomic mass is 10.2. The first kappa shape index (κ1) is 13.0. The molecule has 0 radical (unpaired) electrons. The van der Waals surface area contributed by atoms with E-state index in [1.807, 2.05) is 0 Å². The number of nitrogens with one attached hydrogen (secondary N) is 1. The van der Waals surface area contributed by atoms with Gasteiger partial charge in [-0.1, -0.05) is 0 Å². The second kappa shape index (κ2) is 5.86. The standard InChI is InChI=1S/C11H14BrNO3/c1-7(14)4-5-13-8-2-3-9(11(15)16)10(12)6-8/h2-3,6-7,13-14H,4-5H2,1H3,(H,15,16). The molecular weight excluding hydrogens is 274 g/mol. The molecule has 0 bridgehead atoms. The highest BCUT2D eigenvalue weighted by molar-refractivity contribution is 9.10. The first-order valence-corrected chi connectivity index (χ1v) is 5.75. The monoisotopic (exact) mass is 287 g/mol. The van der Waals surface area contributed by atoms with Crippen LogP contribution in [0.25, 0.3) is 0 Å². The van der Waals surface area contributed by atoms with Crippen LogP contribution in [-0.2, 0) is 0 Å². The van der Waals surface area contributed by atoms with Crippen LogP contribution in [0.3, 0.4) is 0 Å². The Morgan fingerprint density at radius 3 is 2.75 bits per heavy atom. The molecule has 88 valence electrons. The number of hydrogen-bond acceptors (Lipinski definition) is 3. The lowest BCUT2D eigenvalue weighted by Crippen LogP contribution is -2.10. The average Bonchev–Trinajstić information content (AvgIpc) is 2.16. The maximum atomic E-state index is 10.8. The van der Waals surface area contributed by atoms with Crippen LogP contribution in [0, 0.1) is 0 Å². The third-order valence-electron chi connectivity index (χ3n) is 2.09. The molecule has 0 aromatic heterocycles. The van der Waals surface area contributed by atoms with Crippen LogP contribution in [-0.4, -0.2) is 28.8 Å². The molecule has 16 heavy (non-hydrogen) atoms. The number of carboxylic acid groups (broad SMARTS) is 1. The Morgan fingerprint density at radius 2 is 2.25 bits per heavy atom. The van der Waals surface area contributed by atoms with Gasteiger partial charge in [-0.25, -0.2) is 4.79 Å². The summed E-state index contributed by atoms with van der Waals surface area (Å²) in [6, 6.07) is 4.96. The number of rotatable bonds is 5. The Bertz CT molecular complexity index is 379. The highest BCUT2D eigenvalue weighted by Gasteiger charge is 2.08. The van der Waals surface area contributed by atoms with Gasteiger partial charge in [-0.3, -0.25) is 0 Å². The normalized spacial score (nSPS) is 12.2. The highest BCUT2D eigenvalue weighted by atomic mass is 79.9. The van der Waals surface area contributed by atoms with E-state index in [4.69, 9.17) is 10.2 Å². The summed E-state index contributed by atoms with van der Waals surface area (Å²) in [7, 11) is 0. The largest absolute Gasteiger partial charge is 0.478 e. The first-order valence-electron chi connectivity index (χ1n) is 4.95. The molecule has 1 aromatic rings. The van der Waals surface area contributed by atoms with Crippen LogP contribution >= 0.6 is 15.9 Å². The molecule has 0 amide bonds. The molecule has 0 aliphatic carbocycles. The van der Waals surface area contributed by atoms with E-state index in [9.17, 15) is 4.79 Å². The maximum absolute atomic E-state index is 10.8. The zero-order valence-corrected chi connectivity index (χ0v) is 10.5. The smallest absolute Gasteiger partial charge is 0.336 e. The predicted molar refractivity (Wildman–Crippen MR) is 65.9 cm³/mol. The minimum absolute atomic E-state index is 0.237. The number of carbonyl (C=O) groups is 1. The van der Waals surface area contributed by atoms with Gasteiger partial charge in [0.15, 0.2) is 0 Å². The van der Waals surface area contributed by atoms with Crippen molar-refractivity contribution in [3.05, 3.63) is 28.2 Å². The average molecular weight is 288 g/mol. The van der Waals surface area contributed by atoms with E-state index in [1.54, 1.807) is 19.1 Å². The van der Waals surface area contributed by atoms with E-state index in [0.29, 0.717) is 17.4 Å². The van der Waals surface area contributed by atoms with Crippen LogP contribution in [0.1, 0.15) is 23.7 Å². The van der Waals surface area contributed by atoms with Crippen molar-refractivity contribution in [1.82, 2.24) is 0 Å². The number of carboxylic acids is 1. The summed E-state index contributed by atoms with van der Waals surface area (Å²) < 4.78 is 0.544. The van der Waals surface area contributed by atoms with E-state index in [-0.39, 0.29) is 11.7 Å². The molecule has 0 aliphatic heterocycles. The fourth-order valence-corrected chi connectivity index (χ4v) is 1.77. The topological polar surface area (TPSA) is 69.6 Å². The highest BCUT2D eigenvalue weighted by Crippen LogP contribution is 2.21. The number of hydrogen-bond donors (Lipinski definition) is 3. The van der Waals surface area contributed by atoms with Gasteiger partial charge in [0, 0.05) is 16.7 Å². The number of aliphatic hydroxyl groups excluding tert-OH is 1. The SMILES string of the molecule is CC(O)CCNc1ccc(C(=O)O)c(Br)c1. The summed E-state index contributed by atoms with van der Waals surface area (Å²) >= 11 is 3.20. The molecule has 0 saturated carbocycles. The second-order valence-electron chi connectivity index (χ2n) is 3.56. The Hall–Kier alpha value is -1.07. The van der Waals surface area contributed by atoms with E-state index in [1.165, 1.54) is 6.07 Å². The van der Waals surface area contributed by atoms with Crippen LogP contribution in [0.4, 0.5) is 5.69 Å². The molecule has 0 aliphatic rings. The molecule has 4 nitrogen and oxygen atoms in total. The Morgan fingerprint density at radius 1 is 1.56 bits per heavy atom. The van der Waals surface area contributed by atoms with Crippen molar-refractivity contribution >= 4 is 27.6 Å². The zero-order valence-electron chi connectivity index (χ0n) is 8.90. The quantitative estimate of drug-likeness (QED) is 0.777. The van der Waals surface area contributed by atoms with Crippen LogP contribution < -0.4 is 5.32 Å². The maximum Gasteiger partial charge on any atom is 0.336 e. The third-order valence-corrected chi connectivity index (χ3v) is 2.75. The van der Waals surface area contributed by atoms with Crippen molar-refractivity contribution in [2.75, 3.05) is 11.9 Å². The summed E-state index contributed by atoms with van der Waals surface area (Å²) in [5.74, 6) is -0.956. The molecule has 1 aromatic carbocycles. The number of aromatic carboxylic acids is 1. The molecule has 0 saturated heterocycles. The summed E-state index contributed by atoms with van der Waals surface area (Å²) in [4.78, 5) is 10.8. The number of anilines is 1. The third kappa shape index (κ3) is 3.83. The summed E-state index contributed by atoms with van der Waals surface area (Å²) in [6.45, 7) is 2.38. The molecule has 0 heterocycles. The fourth-order valence-electron chi connectivity index (χ4n) is 1.22. The van der Waals surface area contributed by atoms with Crippen molar-refractivity contribution in [2.45, 2.75) is 19.4 Å². The molecule has 0 fully saturated rings. The van der Waals surface area contributed by atoms with E-state index >= 15 is 0 Å². The van der Waals surface area contributed by atoms with Gasteiger partial charge in [0.05, 0.1) is 11.7 Å². The van der Waals surface area contributed by atoms with Crippen LogP contribution in [0.2, 0.25) is 0 Å². The molecular formula is C11H14BrNO3. The van der Waals surface area contributed by atoms with E-state index in [0.717, 1.165) is 5.69 Å². The summed E-state index contributed by atoms with van der Waals surface area (Å²) in [5.41, 5.74) is 1.07. The van der Waals surface area contributed by atoms with Crippen molar-refractivity contribution < 1.29 is 15.0 Å². The van der Waals surface area contributed by atoms with Gasteiger partial charge >= 0.3 is 5.97 Å². The fraction of sp³-hybridized carbons (Fsp3) is 0.364. The first-order chi connectivity index (χ1) is 7.50. The van der Waals surface area contributed by atoms with Crippen LogP contribution in [0.15, 0.2) is 22.7 Å². The van der Waals surface area contributed by atoms with Crippen molar-refractivity contribution in [3.63, 3.8) is 0 Å². The Labute approximate surface area is 102 Å². The van der Waals surface area contributed by atoms with Crippen molar-refractivity contribution in [3.8, 4) is 0 Å². The molecule has 5 heteroatoms. The van der Waals surface area contributed by atoms with Gasteiger partial charge in [-0.2, -0.15) is 0 Å². The lowest BCUT2D eigenvalue weighted by molar-refractivity contribution is 0.0696. The van der Waals surface area contributed by atoms with E-state index < -0.39 is 5.97 Å². The zero-order chi connectivity index (χ0) is 12.1. The number of halogens is 1. The summed E-state index contributed by atoms with van der Waals surface area (Å²) in [5, 5.41) is 21.0. The molecule has 3 N–H and O–H groups in total. The van der Waals surface area contributed by atoms with Crippen LogP contribution in [0.5, 0.6) is 0 Å². The Balaban J connectivity index is 2.63. The van der Waals surface area contributed by atoms with Crippen molar-refractivity contribution in [2.24, 2.45) is 0 Å². The lowest BCUT2D eigenvalue weighted by Gasteiger charge is -2.09. The van der Waals surface area contributed by atoms with Gasteiger partial charge in [0.2, 0.25) is 0 Å².